The van der Waals surface area contributed by atoms with Gasteiger partial charge in [-0.05, 0) is 51.0 Å². The van der Waals surface area contributed by atoms with E-state index in [0.717, 1.165) is 6.42 Å². The minimum absolute atomic E-state index is 0.103. The molecule has 29 heavy (non-hydrogen) atoms. The SMILES string of the molecule is CC(C)(O)[C@@H]1CC[C@@H](NC(=O)c2ccc3nc(-c4ccccc4F)cn3c2)CO1. The number of nitrogens with zero attached hydrogens (tertiary/aromatic N) is 2. The van der Waals surface area contributed by atoms with E-state index in [-0.39, 0.29) is 23.9 Å². The van der Waals surface area contributed by atoms with Crippen molar-refractivity contribution in [2.75, 3.05) is 6.61 Å². The van der Waals surface area contributed by atoms with Gasteiger partial charge in [0, 0.05) is 18.0 Å². The van der Waals surface area contributed by atoms with Crippen molar-refractivity contribution in [2.24, 2.45) is 0 Å². The molecular formula is C22H24FN3O3. The molecule has 7 heteroatoms. The van der Waals surface area contributed by atoms with Gasteiger partial charge in [0.1, 0.15) is 11.5 Å². The van der Waals surface area contributed by atoms with E-state index in [1.807, 2.05) is 0 Å². The molecule has 1 fully saturated rings. The number of aromatic nitrogens is 2. The number of ether oxygens (including phenoxy) is 1. The first-order valence-electron chi connectivity index (χ1n) is 9.70. The van der Waals surface area contributed by atoms with Gasteiger partial charge < -0.3 is 19.6 Å². The van der Waals surface area contributed by atoms with Gasteiger partial charge in [-0.2, -0.15) is 0 Å². The predicted molar refractivity (Wildman–Crippen MR) is 107 cm³/mol. The van der Waals surface area contributed by atoms with Crippen molar-refractivity contribution in [3.63, 3.8) is 0 Å². The van der Waals surface area contributed by atoms with E-state index in [4.69, 9.17) is 4.74 Å². The molecule has 6 nitrogen and oxygen atoms in total. The molecule has 152 valence electrons. The second-order valence-electron chi connectivity index (χ2n) is 8.01. The average Bonchev–Trinajstić information content (AvgIpc) is 3.11. The van der Waals surface area contributed by atoms with E-state index in [1.54, 1.807) is 61.0 Å². The van der Waals surface area contributed by atoms with Crippen LogP contribution in [0.3, 0.4) is 0 Å². The molecule has 0 saturated carbocycles. The number of fused-ring (bicyclic) bond motifs is 1. The maximum absolute atomic E-state index is 14.0. The van der Waals surface area contributed by atoms with Crippen LogP contribution >= 0.6 is 0 Å². The Morgan fingerprint density at radius 3 is 2.72 bits per heavy atom. The van der Waals surface area contributed by atoms with Crippen molar-refractivity contribution in [3.05, 3.63) is 60.2 Å². The minimum atomic E-state index is -0.891. The number of carbonyl (C=O) groups is 1. The summed E-state index contributed by atoms with van der Waals surface area (Å²) in [7, 11) is 0. The lowest BCUT2D eigenvalue weighted by atomic mass is 9.93. The highest BCUT2D eigenvalue weighted by atomic mass is 19.1. The van der Waals surface area contributed by atoms with Crippen molar-refractivity contribution >= 4 is 11.6 Å². The molecule has 1 aromatic carbocycles. The number of pyridine rings is 1. The Kier molecular flexibility index (Phi) is 5.10. The smallest absolute Gasteiger partial charge is 0.253 e. The van der Waals surface area contributed by atoms with Crippen molar-refractivity contribution in [1.29, 1.82) is 0 Å². The number of rotatable bonds is 4. The second-order valence-corrected chi connectivity index (χ2v) is 8.01. The third-order valence-corrected chi connectivity index (χ3v) is 5.26. The Bertz CT molecular complexity index is 1030. The molecule has 4 rings (SSSR count). The summed E-state index contributed by atoms with van der Waals surface area (Å²) in [5.41, 5.74) is 1.16. The summed E-state index contributed by atoms with van der Waals surface area (Å²) in [5, 5.41) is 13.0. The summed E-state index contributed by atoms with van der Waals surface area (Å²) in [6.07, 6.45) is 4.59. The van der Waals surface area contributed by atoms with Gasteiger partial charge in [0.15, 0.2) is 0 Å². The topological polar surface area (TPSA) is 75.9 Å². The lowest BCUT2D eigenvalue weighted by Crippen LogP contribution is -2.48. The molecule has 1 aliphatic heterocycles. The molecule has 3 heterocycles. The van der Waals surface area contributed by atoms with Crippen LogP contribution in [0.15, 0.2) is 48.8 Å². The van der Waals surface area contributed by atoms with Gasteiger partial charge in [0.25, 0.3) is 5.91 Å². The van der Waals surface area contributed by atoms with Crippen LogP contribution in [0.1, 0.15) is 37.0 Å². The molecule has 2 atom stereocenters. The Balaban J connectivity index is 1.47. The largest absolute Gasteiger partial charge is 0.388 e. The first-order chi connectivity index (χ1) is 13.8. The number of hydrogen-bond donors (Lipinski definition) is 2. The van der Waals surface area contributed by atoms with E-state index in [0.29, 0.717) is 35.5 Å². The molecule has 0 unspecified atom stereocenters. The van der Waals surface area contributed by atoms with Crippen LogP contribution < -0.4 is 5.32 Å². The van der Waals surface area contributed by atoms with Crippen LogP contribution in [0.2, 0.25) is 0 Å². The lowest BCUT2D eigenvalue weighted by Gasteiger charge is -2.36. The van der Waals surface area contributed by atoms with Crippen molar-refractivity contribution in [1.82, 2.24) is 14.7 Å². The summed E-state index contributed by atoms with van der Waals surface area (Å²) in [6, 6.07) is 9.80. The van der Waals surface area contributed by atoms with Gasteiger partial charge in [-0.1, -0.05) is 12.1 Å². The third-order valence-electron chi connectivity index (χ3n) is 5.26. The van der Waals surface area contributed by atoms with E-state index in [1.165, 1.54) is 6.07 Å². The Labute approximate surface area is 168 Å². The average molecular weight is 397 g/mol. The number of carbonyl (C=O) groups excluding carboxylic acids is 1. The quantitative estimate of drug-likeness (QED) is 0.709. The van der Waals surface area contributed by atoms with E-state index < -0.39 is 5.60 Å². The number of hydrogen-bond acceptors (Lipinski definition) is 4. The highest BCUT2D eigenvalue weighted by molar-refractivity contribution is 5.94. The van der Waals surface area contributed by atoms with Gasteiger partial charge in [-0.25, -0.2) is 9.37 Å². The van der Waals surface area contributed by atoms with Crippen LogP contribution in [-0.4, -0.2) is 44.8 Å². The van der Waals surface area contributed by atoms with Crippen LogP contribution in [0.4, 0.5) is 4.39 Å². The molecule has 0 spiro atoms. The van der Waals surface area contributed by atoms with E-state index >= 15 is 0 Å². The van der Waals surface area contributed by atoms with Gasteiger partial charge in [-0.3, -0.25) is 4.79 Å². The molecule has 1 saturated heterocycles. The normalized spacial score (nSPS) is 20.0. The molecule has 2 aromatic heterocycles. The molecule has 1 aliphatic rings. The fourth-order valence-electron chi connectivity index (χ4n) is 3.62. The standard InChI is InChI=1S/C22H24FN3O3/c1-22(2,28)19-9-8-15(13-29-19)24-21(27)14-7-10-20-25-18(12-26(20)11-14)16-5-3-4-6-17(16)23/h3-7,10-12,15,19,28H,8-9,13H2,1-2H3,(H,24,27)/t15-,19+/m1/s1. The zero-order valence-electron chi connectivity index (χ0n) is 16.4. The first kappa shape index (κ1) is 19.5. The maximum atomic E-state index is 14.0. The summed E-state index contributed by atoms with van der Waals surface area (Å²) >= 11 is 0. The van der Waals surface area contributed by atoms with Gasteiger partial charge >= 0.3 is 0 Å². The summed E-state index contributed by atoms with van der Waals surface area (Å²) in [4.78, 5) is 17.1. The van der Waals surface area contributed by atoms with Crippen LogP contribution in [-0.2, 0) is 4.74 Å². The summed E-state index contributed by atoms with van der Waals surface area (Å²) in [6.45, 7) is 3.82. The molecule has 0 aliphatic carbocycles. The second kappa shape index (κ2) is 7.57. The van der Waals surface area contributed by atoms with Gasteiger partial charge in [0.05, 0.1) is 35.6 Å². The maximum Gasteiger partial charge on any atom is 0.253 e. The molecule has 2 N–H and O–H groups in total. The number of imidazole rings is 1. The highest BCUT2D eigenvalue weighted by Gasteiger charge is 2.32. The molecule has 0 bridgehead atoms. The van der Waals surface area contributed by atoms with E-state index in [2.05, 4.69) is 10.3 Å². The Morgan fingerprint density at radius 1 is 1.24 bits per heavy atom. The Morgan fingerprint density at radius 2 is 2.03 bits per heavy atom. The monoisotopic (exact) mass is 397 g/mol. The fraction of sp³-hybridized carbons (Fsp3) is 0.364. The number of nitrogens with one attached hydrogen (secondary N) is 1. The number of halogens is 1. The molecule has 0 radical (unpaired) electrons. The van der Waals surface area contributed by atoms with Gasteiger partial charge in [0.2, 0.25) is 0 Å². The summed E-state index contributed by atoms with van der Waals surface area (Å²) < 4.78 is 21.5. The fourth-order valence-corrected chi connectivity index (χ4v) is 3.62. The van der Waals surface area contributed by atoms with E-state index in [9.17, 15) is 14.3 Å². The highest BCUT2D eigenvalue weighted by Crippen LogP contribution is 2.24. The summed E-state index contributed by atoms with van der Waals surface area (Å²) in [5.74, 6) is -0.543. The number of amides is 1. The van der Waals surface area contributed by atoms with Crippen molar-refractivity contribution in [3.8, 4) is 11.3 Å². The molecule has 1 amide bonds. The predicted octanol–water partition coefficient (Wildman–Crippen LogP) is 3.19. The zero-order valence-corrected chi connectivity index (χ0v) is 16.4. The lowest BCUT2D eigenvalue weighted by molar-refractivity contribution is -0.114. The Hall–Kier alpha value is -2.77. The molecular weight excluding hydrogens is 373 g/mol. The van der Waals surface area contributed by atoms with Gasteiger partial charge in [-0.15, -0.1) is 0 Å². The van der Waals surface area contributed by atoms with Crippen LogP contribution in [0.25, 0.3) is 16.9 Å². The molecule has 3 aromatic rings. The zero-order chi connectivity index (χ0) is 20.6. The van der Waals surface area contributed by atoms with Crippen molar-refractivity contribution in [2.45, 2.75) is 44.4 Å². The first-order valence-corrected chi connectivity index (χ1v) is 9.70. The van der Waals surface area contributed by atoms with Crippen LogP contribution in [0, 0.1) is 5.82 Å². The van der Waals surface area contributed by atoms with Crippen LogP contribution in [0.5, 0.6) is 0 Å². The minimum Gasteiger partial charge on any atom is -0.388 e. The third kappa shape index (κ3) is 4.16. The number of benzene rings is 1. The number of aliphatic hydroxyl groups is 1. The van der Waals surface area contributed by atoms with Crippen molar-refractivity contribution < 1.29 is 19.0 Å².